The number of hydrogen-bond donors (Lipinski definition) is 2. The molecule has 0 radical (unpaired) electrons. The number of ether oxygens (including phenoxy) is 1. The van der Waals surface area contributed by atoms with E-state index < -0.39 is 0 Å². The highest BCUT2D eigenvalue weighted by molar-refractivity contribution is 5.80. The van der Waals surface area contributed by atoms with E-state index in [1.54, 1.807) is 4.90 Å². The van der Waals surface area contributed by atoms with Gasteiger partial charge in [0.2, 0.25) is 5.91 Å². The molecule has 6 heteroatoms. The summed E-state index contributed by atoms with van der Waals surface area (Å²) in [6.07, 6.45) is 0.755. The molecule has 1 aromatic carbocycles. The fourth-order valence-corrected chi connectivity index (χ4v) is 3.45. The number of rotatable bonds is 2. The maximum atomic E-state index is 12.4. The third kappa shape index (κ3) is 3.11. The third-order valence-corrected chi connectivity index (χ3v) is 4.78. The Morgan fingerprint density at radius 1 is 1.35 bits per heavy atom. The maximum Gasteiger partial charge on any atom is 0.317 e. The second-order valence-corrected chi connectivity index (χ2v) is 6.62. The van der Waals surface area contributed by atoms with Crippen molar-refractivity contribution in [2.24, 2.45) is 17.6 Å². The second kappa shape index (κ2) is 6.10. The minimum Gasteiger partial charge on any atom is -0.491 e. The number of primary amides is 1. The Labute approximate surface area is 136 Å². The Balaban J connectivity index is 1.61. The van der Waals surface area contributed by atoms with Crippen LogP contribution < -0.4 is 15.8 Å². The van der Waals surface area contributed by atoms with Crippen LogP contribution in [0, 0.1) is 18.8 Å². The van der Waals surface area contributed by atoms with Crippen LogP contribution in [0.25, 0.3) is 0 Å². The van der Waals surface area contributed by atoms with E-state index in [4.69, 9.17) is 10.5 Å². The summed E-state index contributed by atoms with van der Waals surface area (Å²) in [6, 6.07) is 5.85. The van der Waals surface area contributed by atoms with Gasteiger partial charge >= 0.3 is 6.03 Å². The molecule has 6 nitrogen and oxygen atoms in total. The van der Waals surface area contributed by atoms with Crippen molar-refractivity contribution in [3.8, 4) is 5.75 Å². The zero-order valence-electron chi connectivity index (χ0n) is 13.5. The number of nitrogens with zero attached hydrogens (tertiary/aromatic N) is 1. The monoisotopic (exact) mass is 317 g/mol. The minimum atomic E-state index is -0.335. The third-order valence-electron chi connectivity index (χ3n) is 4.78. The molecule has 3 N–H and O–H groups in total. The summed E-state index contributed by atoms with van der Waals surface area (Å²) >= 11 is 0. The first kappa shape index (κ1) is 15.6. The van der Waals surface area contributed by atoms with Crippen molar-refractivity contribution in [2.45, 2.75) is 26.3 Å². The number of fused-ring (bicyclic) bond motifs is 1. The lowest BCUT2D eigenvalue weighted by atomic mass is 9.98. The van der Waals surface area contributed by atoms with Crippen LogP contribution in [-0.4, -0.2) is 42.6 Å². The van der Waals surface area contributed by atoms with E-state index in [2.05, 4.69) is 5.32 Å². The van der Waals surface area contributed by atoms with E-state index in [1.807, 2.05) is 32.0 Å². The zero-order valence-corrected chi connectivity index (χ0v) is 13.5. The fourth-order valence-electron chi connectivity index (χ4n) is 3.45. The van der Waals surface area contributed by atoms with Gasteiger partial charge in [0.25, 0.3) is 0 Å². The van der Waals surface area contributed by atoms with Gasteiger partial charge < -0.3 is 20.7 Å². The first-order chi connectivity index (χ1) is 11.0. The van der Waals surface area contributed by atoms with Gasteiger partial charge in [0.05, 0.1) is 12.0 Å². The normalized spacial score (nSPS) is 26.3. The molecule has 0 aliphatic carbocycles. The average Bonchev–Trinajstić information content (AvgIpc) is 2.90. The lowest BCUT2D eigenvalue weighted by Crippen LogP contribution is -2.48. The molecular formula is C17H23N3O3. The summed E-state index contributed by atoms with van der Waals surface area (Å²) in [6.45, 7) is 5.39. The number of para-hydroxylation sites is 1. The van der Waals surface area contributed by atoms with Gasteiger partial charge in [-0.25, -0.2) is 4.79 Å². The number of carbonyl (C=O) groups excluding carboxylic acids is 2. The van der Waals surface area contributed by atoms with Crippen molar-refractivity contribution in [2.75, 3.05) is 19.7 Å². The molecule has 3 atom stereocenters. The van der Waals surface area contributed by atoms with Crippen molar-refractivity contribution in [3.05, 3.63) is 29.3 Å². The van der Waals surface area contributed by atoms with Crippen LogP contribution in [0.4, 0.5) is 4.79 Å². The lowest BCUT2D eigenvalue weighted by Gasteiger charge is -2.29. The number of likely N-dealkylation sites (tertiary alicyclic amines) is 1. The van der Waals surface area contributed by atoms with Crippen molar-refractivity contribution in [1.29, 1.82) is 0 Å². The molecule has 0 aromatic heterocycles. The van der Waals surface area contributed by atoms with Crippen LogP contribution in [0.2, 0.25) is 0 Å². The molecule has 3 amide bonds. The topological polar surface area (TPSA) is 84.7 Å². The predicted molar refractivity (Wildman–Crippen MR) is 86.1 cm³/mol. The van der Waals surface area contributed by atoms with Gasteiger partial charge in [-0.2, -0.15) is 0 Å². The van der Waals surface area contributed by atoms with Crippen LogP contribution in [0.1, 0.15) is 18.1 Å². The van der Waals surface area contributed by atoms with E-state index in [-0.39, 0.29) is 29.8 Å². The first-order valence-electron chi connectivity index (χ1n) is 8.01. The van der Waals surface area contributed by atoms with Crippen LogP contribution in [0.5, 0.6) is 5.75 Å². The van der Waals surface area contributed by atoms with Gasteiger partial charge in [-0.05, 0) is 30.4 Å². The molecule has 1 unspecified atom stereocenters. The maximum absolute atomic E-state index is 12.4. The number of nitrogens with two attached hydrogens (primary N) is 1. The zero-order chi connectivity index (χ0) is 16.6. The summed E-state index contributed by atoms with van der Waals surface area (Å²) in [4.78, 5) is 25.5. The number of amides is 3. The summed E-state index contributed by atoms with van der Waals surface area (Å²) in [5.41, 5.74) is 7.62. The second-order valence-electron chi connectivity index (χ2n) is 6.62. The molecule has 3 rings (SSSR count). The van der Waals surface area contributed by atoms with Crippen LogP contribution >= 0.6 is 0 Å². The fraction of sp³-hybridized carbons (Fsp3) is 0.529. The lowest BCUT2D eigenvalue weighted by molar-refractivity contribution is -0.122. The number of hydrogen-bond acceptors (Lipinski definition) is 3. The van der Waals surface area contributed by atoms with Gasteiger partial charge in [-0.1, -0.05) is 25.1 Å². The molecule has 23 heavy (non-hydrogen) atoms. The molecule has 2 aliphatic heterocycles. The van der Waals surface area contributed by atoms with E-state index in [1.165, 1.54) is 0 Å². The molecular weight excluding hydrogens is 294 g/mol. The van der Waals surface area contributed by atoms with E-state index in [0.717, 1.165) is 23.3 Å². The number of urea groups is 1. The average molecular weight is 317 g/mol. The summed E-state index contributed by atoms with van der Waals surface area (Å²) < 4.78 is 5.80. The van der Waals surface area contributed by atoms with Gasteiger partial charge in [0.1, 0.15) is 12.4 Å². The highest BCUT2D eigenvalue weighted by atomic mass is 16.5. The van der Waals surface area contributed by atoms with E-state index in [0.29, 0.717) is 19.7 Å². The van der Waals surface area contributed by atoms with Gasteiger partial charge in [0, 0.05) is 13.1 Å². The van der Waals surface area contributed by atoms with Gasteiger partial charge in [-0.3, -0.25) is 4.79 Å². The Hall–Kier alpha value is -2.24. The van der Waals surface area contributed by atoms with Crippen molar-refractivity contribution in [3.63, 3.8) is 0 Å². The summed E-state index contributed by atoms with van der Waals surface area (Å²) in [5.74, 6) is 0.441. The molecule has 1 aromatic rings. The van der Waals surface area contributed by atoms with Crippen LogP contribution in [0.15, 0.2) is 18.2 Å². The Morgan fingerprint density at radius 2 is 2.13 bits per heavy atom. The molecule has 2 heterocycles. The Kier molecular flexibility index (Phi) is 4.15. The van der Waals surface area contributed by atoms with Crippen molar-refractivity contribution < 1.29 is 14.3 Å². The standard InChI is InChI=1S/C17H23N3O3/c1-10-4-3-5-12-6-13(9-23-15(10)12)19-17(22)20-7-11(2)14(8-20)16(18)21/h3-5,11,13-14H,6-9H2,1-2H3,(H2,18,21)(H,19,22)/t11-,13?,14-/m1/s1. The largest absolute Gasteiger partial charge is 0.491 e. The number of benzene rings is 1. The number of nitrogens with one attached hydrogen (secondary N) is 1. The van der Waals surface area contributed by atoms with Gasteiger partial charge in [-0.15, -0.1) is 0 Å². The summed E-state index contributed by atoms with van der Waals surface area (Å²) in [5, 5.41) is 3.01. The molecule has 1 saturated heterocycles. The highest BCUT2D eigenvalue weighted by Crippen LogP contribution is 2.28. The predicted octanol–water partition coefficient (Wildman–Crippen LogP) is 1.06. The molecule has 124 valence electrons. The van der Waals surface area contributed by atoms with E-state index >= 15 is 0 Å². The number of carbonyl (C=O) groups is 2. The summed E-state index contributed by atoms with van der Waals surface area (Å²) in [7, 11) is 0. The Morgan fingerprint density at radius 3 is 2.83 bits per heavy atom. The molecule has 1 fully saturated rings. The van der Waals surface area contributed by atoms with Crippen LogP contribution in [0.3, 0.4) is 0 Å². The quantitative estimate of drug-likeness (QED) is 0.855. The van der Waals surface area contributed by atoms with Gasteiger partial charge in [0.15, 0.2) is 0 Å². The first-order valence-corrected chi connectivity index (χ1v) is 8.01. The molecule has 0 spiro atoms. The van der Waals surface area contributed by atoms with Crippen molar-refractivity contribution in [1.82, 2.24) is 10.2 Å². The van der Waals surface area contributed by atoms with Crippen LogP contribution in [-0.2, 0) is 11.2 Å². The molecule has 0 saturated carbocycles. The number of aryl methyl sites for hydroxylation is 1. The minimum absolute atomic E-state index is 0.0558. The SMILES string of the molecule is Cc1cccc2c1OCC(NC(=O)N1C[C@@H](C)[C@H](C(N)=O)C1)C2. The Bertz CT molecular complexity index is 632. The molecule has 0 bridgehead atoms. The smallest absolute Gasteiger partial charge is 0.317 e. The highest BCUT2D eigenvalue weighted by Gasteiger charge is 2.36. The van der Waals surface area contributed by atoms with E-state index in [9.17, 15) is 9.59 Å². The molecule has 2 aliphatic rings. The van der Waals surface area contributed by atoms with Crippen molar-refractivity contribution >= 4 is 11.9 Å².